The first-order chi connectivity index (χ1) is 7.30. The smallest absolute Gasteiger partial charge is 0.145 e. The summed E-state index contributed by atoms with van der Waals surface area (Å²) < 4.78 is 28.2. The first-order valence-corrected chi connectivity index (χ1v) is 5.99. The van der Waals surface area contributed by atoms with Crippen LogP contribution >= 0.6 is 0 Å². The SMILES string of the molecule is Cc1ncc(/C=N/[S@](=O)C(C)(C)C)cc1F. The lowest BCUT2D eigenvalue weighted by atomic mass is 10.2. The fourth-order valence-electron chi connectivity index (χ4n) is 0.859. The van der Waals surface area contributed by atoms with Gasteiger partial charge in [-0.1, -0.05) is 0 Å². The fourth-order valence-corrected chi connectivity index (χ4v) is 1.39. The van der Waals surface area contributed by atoms with Crippen LogP contribution in [0.4, 0.5) is 4.39 Å². The van der Waals surface area contributed by atoms with Gasteiger partial charge in [-0.15, -0.1) is 0 Å². The second kappa shape index (κ2) is 4.82. The van der Waals surface area contributed by atoms with Crippen LogP contribution in [0.2, 0.25) is 0 Å². The lowest BCUT2D eigenvalue weighted by molar-refractivity contribution is 0.609. The lowest BCUT2D eigenvalue weighted by Gasteiger charge is -2.12. The normalized spacial score (nSPS) is 14.3. The highest BCUT2D eigenvalue weighted by atomic mass is 32.2. The average Bonchev–Trinajstić information content (AvgIpc) is 2.18. The van der Waals surface area contributed by atoms with Gasteiger partial charge in [0.1, 0.15) is 16.8 Å². The van der Waals surface area contributed by atoms with E-state index >= 15 is 0 Å². The van der Waals surface area contributed by atoms with Crippen LogP contribution in [-0.4, -0.2) is 20.2 Å². The van der Waals surface area contributed by atoms with Crippen molar-refractivity contribution in [1.29, 1.82) is 0 Å². The van der Waals surface area contributed by atoms with Crippen LogP contribution in [0.25, 0.3) is 0 Å². The van der Waals surface area contributed by atoms with Crippen molar-refractivity contribution < 1.29 is 8.60 Å². The maximum absolute atomic E-state index is 13.1. The Labute approximate surface area is 97.4 Å². The molecule has 0 aliphatic rings. The Bertz CT molecular complexity index is 438. The van der Waals surface area contributed by atoms with Gasteiger partial charge < -0.3 is 0 Å². The van der Waals surface area contributed by atoms with Crippen molar-refractivity contribution >= 4 is 17.2 Å². The van der Waals surface area contributed by atoms with E-state index in [9.17, 15) is 8.60 Å². The van der Waals surface area contributed by atoms with Gasteiger partial charge in [-0.25, -0.2) is 8.60 Å². The van der Waals surface area contributed by atoms with Crippen molar-refractivity contribution in [2.24, 2.45) is 4.40 Å². The molecule has 88 valence electrons. The van der Waals surface area contributed by atoms with Gasteiger partial charge in [-0.05, 0) is 33.8 Å². The molecule has 1 heterocycles. The number of halogens is 1. The van der Waals surface area contributed by atoms with Crippen LogP contribution in [0.1, 0.15) is 32.0 Å². The van der Waals surface area contributed by atoms with Gasteiger partial charge in [0.15, 0.2) is 0 Å². The molecule has 0 saturated heterocycles. The third-order valence-corrected chi connectivity index (χ3v) is 3.21. The van der Waals surface area contributed by atoms with Gasteiger partial charge in [0, 0.05) is 18.0 Å². The van der Waals surface area contributed by atoms with E-state index in [4.69, 9.17) is 0 Å². The molecule has 0 aliphatic heterocycles. The summed E-state index contributed by atoms with van der Waals surface area (Å²) in [6.07, 6.45) is 2.89. The molecule has 0 N–H and O–H groups in total. The number of pyridine rings is 1. The molecule has 1 aromatic heterocycles. The molecule has 16 heavy (non-hydrogen) atoms. The minimum absolute atomic E-state index is 0.342. The van der Waals surface area contributed by atoms with Crippen molar-refractivity contribution in [3.05, 3.63) is 29.3 Å². The highest BCUT2D eigenvalue weighted by Gasteiger charge is 2.18. The Morgan fingerprint density at radius 2 is 2.12 bits per heavy atom. The average molecular weight is 242 g/mol. The van der Waals surface area contributed by atoms with E-state index in [0.717, 1.165) is 0 Å². The summed E-state index contributed by atoms with van der Waals surface area (Å²) in [7, 11) is -1.33. The number of hydrogen-bond acceptors (Lipinski definition) is 2. The van der Waals surface area contributed by atoms with Crippen molar-refractivity contribution in [3.63, 3.8) is 0 Å². The van der Waals surface area contributed by atoms with Gasteiger partial charge in [0.05, 0.1) is 10.4 Å². The molecule has 1 aromatic rings. The van der Waals surface area contributed by atoms with E-state index in [1.807, 2.05) is 20.8 Å². The maximum Gasteiger partial charge on any atom is 0.145 e. The highest BCUT2D eigenvalue weighted by molar-refractivity contribution is 7.85. The molecule has 0 fully saturated rings. The third kappa shape index (κ3) is 3.48. The molecule has 0 unspecified atom stereocenters. The van der Waals surface area contributed by atoms with Crippen molar-refractivity contribution in [3.8, 4) is 0 Å². The van der Waals surface area contributed by atoms with Gasteiger partial charge >= 0.3 is 0 Å². The molecule has 5 heteroatoms. The Morgan fingerprint density at radius 3 is 2.62 bits per heavy atom. The van der Waals surface area contributed by atoms with Crippen molar-refractivity contribution in [2.75, 3.05) is 0 Å². The molecule has 0 bridgehead atoms. The first-order valence-electron chi connectivity index (χ1n) is 4.89. The molecule has 0 amide bonds. The largest absolute Gasteiger partial charge is 0.258 e. The molecule has 0 spiro atoms. The van der Waals surface area contributed by atoms with Crippen LogP contribution in [0, 0.1) is 12.7 Å². The second-order valence-electron chi connectivity index (χ2n) is 4.43. The monoisotopic (exact) mass is 242 g/mol. The second-order valence-corrected chi connectivity index (χ2v) is 6.37. The summed E-state index contributed by atoms with van der Waals surface area (Å²) in [5.74, 6) is -0.384. The summed E-state index contributed by atoms with van der Waals surface area (Å²) in [5.41, 5.74) is 0.856. The number of aromatic nitrogens is 1. The van der Waals surface area contributed by atoms with Gasteiger partial charge in [0.25, 0.3) is 0 Å². The summed E-state index contributed by atoms with van der Waals surface area (Å²) in [6, 6.07) is 1.33. The number of hydrogen-bond donors (Lipinski definition) is 0. The standard InChI is InChI=1S/C11H15FN2OS/c1-8-10(12)5-9(6-13-8)7-14-16(15)11(2,3)4/h5-7H,1-4H3/b14-7+/t16-/m1/s1. The predicted molar refractivity (Wildman–Crippen MR) is 64.4 cm³/mol. The Kier molecular flexibility index (Phi) is 3.91. The molecule has 0 aliphatic carbocycles. The van der Waals surface area contributed by atoms with Gasteiger partial charge in [-0.3, -0.25) is 4.98 Å². The van der Waals surface area contributed by atoms with E-state index in [0.29, 0.717) is 11.3 Å². The van der Waals surface area contributed by atoms with Gasteiger partial charge in [0.2, 0.25) is 0 Å². The van der Waals surface area contributed by atoms with E-state index < -0.39 is 15.7 Å². The van der Waals surface area contributed by atoms with Crippen LogP contribution in [0.15, 0.2) is 16.7 Å². The zero-order valence-corrected chi connectivity index (χ0v) is 10.6. The summed E-state index contributed by atoms with van der Waals surface area (Å²) in [6.45, 7) is 7.07. The maximum atomic E-state index is 13.1. The van der Waals surface area contributed by atoms with E-state index in [2.05, 4.69) is 9.38 Å². The minimum atomic E-state index is -1.33. The summed E-state index contributed by atoms with van der Waals surface area (Å²) >= 11 is 0. The van der Waals surface area contributed by atoms with Crippen LogP contribution in [0.5, 0.6) is 0 Å². The molecule has 3 nitrogen and oxygen atoms in total. The summed E-state index contributed by atoms with van der Waals surface area (Å²) in [4.78, 5) is 3.85. The Balaban J connectivity index is 2.85. The number of aryl methyl sites for hydroxylation is 1. The zero-order valence-electron chi connectivity index (χ0n) is 9.82. The fraction of sp³-hybridized carbons (Fsp3) is 0.455. The Morgan fingerprint density at radius 1 is 1.50 bits per heavy atom. The van der Waals surface area contributed by atoms with Crippen LogP contribution in [0.3, 0.4) is 0 Å². The predicted octanol–water partition coefficient (Wildman–Crippen LogP) is 2.41. The molecule has 0 saturated carbocycles. The minimum Gasteiger partial charge on any atom is -0.258 e. The first kappa shape index (κ1) is 13.0. The number of nitrogens with zero attached hydrogens (tertiary/aromatic N) is 2. The van der Waals surface area contributed by atoms with Gasteiger partial charge in [-0.2, -0.15) is 4.40 Å². The number of rotatable bonds is 2. The zero-order chi connectivity index (χ0) is 12.3. The van der Waals surface area contributed by atoms with Crippen molar-refractivity contribution in [1.82, 2.24) is 4.98 Å². The van der Waals surface area contributed by atoms with E-state index in [1.165, 1.54) is 18.5 Å². The molecule has 1 rings (SSSR count). The molecule has 1 atom stereocenters. The molecular formula is C11H15FN2OS. The molecule has 0 aromatic carbocycles. The van der Waals surface area contributed by atoms with E-state index in [1.54, 1.807) is 6.92 Å². The Hall–Kier alpha value is -1.10. The molecule has 0 radical (unpaired) electrons. The summed E-state index contributed by atoms with van der Waals surface area (Å²) in [5, 5.41) is 0. The van der Waals surface area contributed by atoms with Crippen LogP contribution in [-0.2, 0) is 11.0 Å². The molecular weight excluding hydrogens is 227 g/mol. The highest BCUT2D eigenvalue weighted by Crippen LogP contribution is 2.12. The topological polar surface area (TPSA) is 42.3 Å². The quantitative estimate of drug-likeness (QED) is 0.747. The third-order valence-electron chi connectivity index (χ3n) is 1.87. The van der Waals surface area contributed by atoms with E-state index in [-0.39, 0.29) is 5.82 Å². The van der Waals surface area contributed by atoms with Crippen LogP contribution < -0.4 is 0 Å². The lowest BCUT2D eigenvalue weighted by Crippen LogP contribution is -2.19. The van der Waals surface area contributed by atoms with Crippen molar-refractivity contribution in [2.45, 2.75) is 32.4 Å².